The molecule has 4 nitrogen and oxygen atoms in total. The molecule has 0 fully saturated rings. The van der Waals surface area contributed by atoms with Gasteiger partial charge in [-0.25, -0.2) is 0 Å². The van der Waals surface area contributed by atoms with Crippen molar-refractivity contribution in [3.63, 3.8) is 0 Å². The van der Waals surface area contributed by atoms with E-state index in [0.717, 1.165) is 33.8 Å². The molecular formula is C15H18N2O2. The number of rotatable bonds is 4. The average molecular weight is 258 g/mol. The minimum Gasteiger partial charge on any atom is -0.497 e. The van der Waals surface area contributed by atoms with E-state index in [1.165, 1.54) is 0 Å². The molecule has 100 valence electrons. The Morgan fingerprint density at radius 2 is 2.00 bits per heavy atom. The summed E-state index contributed by atoms with van der Waals surface area (Å²) in [7, 11) is 3.30. The van der Waals surface area contributed by atoms with Crippen LogP contribution in [0.3, 0.4) is 0 Å². The van der Waals surface area contributed by atoms with Crippen LogP contribution in [-0.4, -0.2) is 19.2 Å². The third-order valence-corrected chi connectivity index (χ3v) is 3.12. The maximum absolute atomic E-state index is 5.78. The van der Waals surface area contributed by atoms with Gasteiger partial charge in [0.25, 0.3) is 0 Å². The van der Waals surface area contributed by atoms with Crippen LogP contribution in [0.1, 0.15) is 11.1 Å². The van der Waals surface area contributed by atoms with E-state index < -0.39 is 0 Å². The van der Waals surface area contributed by atoms with E-state index in [2.05, 4.69) is 4.98 Å². The predicted octanol–water partition coefficient (Wildman–Crippen LogP) is 2.53. The molecule has 0 spiro atoms. The van der Waals surface area contributed by atoms with Crippen molar-refractivity contribution in [2.75, 3.05) is 14.2 Å². The Hall–Kier alpha value is -2.07. The fraction of sp³-hybridized carbons (Fsp3) is 0.267. The lowest BCUT2D eigenvalue weighted by molar-refractivity contribution is 0.395. The Morgan fingerprint density at radius 1 is 1.21 bits per heavy atom. The molecule has 0 aliphatic heterocycles. The number of ether oxygens (including phenoxy) is 2. The summed E-state index contributed by atoms with van der Waals surface area (Å²) in [6.45, 7) is 2.47. The van der Waals surface area contributed by atoms with Crippen LogP contribution in [0, 0.1) is 6.92 Å². The van der Waals surface area contributed by atoms with E-state index in [0.29, 0.717) is 6.54 Å². The Balaban J connectivity index is 2.67. The first-order chi connectivity index (χ1) is 9.21. The lowest BCUT2D eigenvalue weighted by Gasteiger charge is -2.16. The van der Waals surface area contributed by atoms with Crippen LogP contribution in [0.15, 0.2) is 30.6 Å². The zero-order chi connectivity index (χ0) is 13.8. The number of methoxy groups -OCH3 is 2. The molecule has 0 saturated carbocycles. The van der Waals surface area contributed by atoms with Gasteiger partial charge in [0.05, 0.1) is 14.2 Å². The highest BCUT2D eigenvalue weighted by Crippen LogP contribution is 2.37. The van der Waals surface area contributed by atoms with E-state index in [9.17, 15) is 0 Å². The molecule has 0 saturated heterocycles. The summed E-state index contributed by atoms with van der Waals surface area (Å²) in [4.78, 5) is 4.12. The highest BCUT2D eigenvalue weighted by Gasteiger charge is 2.14. The Morgan fingerprint density at radius 3 is 2.63 bits per heavy atom. The van der Waals surface area contributed by atoms with Crippen LogP contribution in [-0.2, 0) is 6.54 Å². The second-order valence-electron chi connectivity index (χ2n) is 4.26. The molecule has 2 aromatic rings. The van der Waals surface area contributed by atoms with Crippen LogP contribution >= 0.6 is 0 Å². The molecule has 0 unspecified atom stereocenters. The minimum absolute atomic E-state index is 0.442. The molecule has 0 aliphatic rings. The van der Waals surface area contributed by atoms with E-state index in [4.69, 9.17) is 15.2 Å². The molecule has 2 rings (SSSR count). The molecule has 0 atom stereocenters. The fourth-order valence-corrected chi connectivity index (χ4v) is 2.18. The van der Waals surface area contributed by atoms with Gasteiger partial charge in [0.15, 0.2) is 0 Å². The van der Waals surface area contributed by atoms with Crippen molar-refractivity contribution in [3.05, 3.63) is 41.7 Å². The number of benzene rings is 1. The van der Waals surface area contributed by atoms with E-state index in [1.807, 2.05) is 25.1 Å². The smallest absolute Gasteiger partial charge is 0.130 e. The summed E-state index contributed by atoms with van der Waals surface area (Å²) in [5.41, 5.74) is 9.94. The maximum atomic E-state index is 5.78. The summed E-state index contributed by atoms with van der Waals surface area (Å²) in [5, 5.41) is 0. The molecular weight excluding hydrogens is 240 g/mol. The van der Waals surface area contributed by atoms with E-state index >= 15 is 0 Å². The quantitative estimate of drug-likeness (QED) is 0.915. The first-order valence-corrected chi connectivity index (χ1v) is 6.07. The lowest BCUT2D eigenvalue weighted by Crippen LogP contribution is -2.02. The molecule has 2 N–H and O–H groups in total. The molecule has 0 radical (unpaired) electrons. The normalized spacial score (nSPS) is 10.3. The number of hydrogen-bond donors (Lipinski definition) is 1. The molecule has 0 bridgehead atoms. The van der Waals surface area contributed by atoms with Gasteiger partial charge < -0.3 is 15.2 Å². The Bertz CT molecular complexity index is 582. The van der Waals surface area contributed by atoms with Crippen molar-refractivity contribution in [2.24, 2.45) is 5.73 Å². The van der Waals surface area contributed by atoms with Crippen LogP contribution in [0.5, 0.6) is 11.5 Å². The van der Waals surface area contributed by atoms with E-state index in [1.54, 1.807) is 26.6 Å². The number of aromatic nitrogens is 1. The SMILES string of the molecule is COc1cc(C)c(-c2ccncc2CN)c(OC)c1. The Labute approximate surface area is 113 Å². The molecule has 0 amide bonds. The molecule has 1 aromatic carbocycles. The van der Waals surface area contributed by atoms with Crippen LogP contribution in [0.4, 0.5) is 0 Å². The van der Waals surface area contributed by atoms with Gasteiger partial charge in [-0.05, 0) is 35.7 Å². The molecule has 0 aliphatic carbocycles. The fourth-order valence-electron chi connectivity index (χ4n) is 2.18. The number of nitrogens with zero attached hydrogens (tertiary/aromatic N) is 1. The lowest BCUT2D eigenvalue weighted by atomic mass is 9.96. The van der Waals surface area contributed by atoms with Gasteiger partial charge in [-0.15, -0.1) is 0 Å². The van der Waals surface area contributed by atoms with Crippen molar-refractivity contribution in [3.8, 4) is 22.6 Å². The van der Waals surface area contributed by atoms with Crippen molar-refractivity contribution in [1.82, 2.24) is 4.98 Å². The van der Waals surface area contributed by atoms with Gasteiger partial charge in [-0.3, -0.25) is 4.98 Å². The van der Waals surface area contributed by atoms with Gasteiger partial charge in [-0.1, -0.05) is 0 Å². The third-order valence-electron chi connectivity index (χ3n) is 3.12. The predicted molar refractivity (Wildman–Crippen MR) is 75.4 cm³/mol. The second kappa shape index (κ2) is 5.71. The molecule has 1 aromatic heterocycles. The summed E-state index contributed by atoms with van der Waals surface area (Å²) < 4.78 is 10.7. The van der Waals surface area contributed by atoms with Crippen molar-refractivity contribution < 1.29 is 9.47 Å². The maximum Gasteiger partial charge on any atom is 0.130 e. The number of hydrogen-bond acceptors (Lipinski definition) is 4. The molecule has 4 heteroatoms. The highest BCUT2D eigenvalue weighted by atomic mass is 16.5. The van der Waals surface area contributed by atoms with Crippen molar-refractivity contribution >= 4 is 0 Å². The first-order valence-electron chi connectivity index (χ1n) is 6.07. The van der Waals surface area contributed by atoms with Gasteiger partial charge in [0, 0.05) is 30.6 Å². The summed E-state index contributed by atoms with van der Waals surface area (Å²) >= 11 is 0. The summed E-state index contributed by atoms with van der Waals surface area (Å²) in [6, 6.07) is 5.82. The monoisotopic (exact) mass is 258 g/mol. The zero-order valence-corrected chi connectivity index (χ0v) is 11.4. The molecule has 19 heavy (non-hydrogen) atoms. The number of aryl methyl sites for hydroxylation is 1. The highest BCUT2D eigenvalue weighted by molar-refractivity contribution is 5.77. The molecule has 1 heterocycles. The average Bonchev–Trinajstić information content (AvgIpc) is 2.46. The first kappa shape index (κ1) is 13.4. The standard InChI is InChI=1S/C15H18N2O2/c1-10-6-12(18-2)7-14(19-3)15(10)13-4-5-17-9-11(13)8-16/h4-7,9H,8,16H2,1-3H3. The second-order valence-corrected chi connectivity index (χ2v) is 4.26. The summed E-state index contributed by atoms with van der Waals surface area (Å²) in [6.07, 6.45) is 3.55. The zero-order valence-electron chi connectivity index (χ0n) is 11.4. The number of pyridine rings is 1. The Kier molecular flexibility index (Phi) is 4.02. The van der Waals surface area contributed by atoms with Gasteiger partial charge in [0.2, 0.25) is 0 Å². The van der Waals surface area contributed by atoms with E-state index in [-0.39, 0.29) is 0 Å². The van der Waals surface area contributed by atoms with Gasteiger partial charge in [0.1, 0.15) is 11.5 Å². The number of nitrogens with two attached hydrogens (primary N) is 1. The van der Waals surface area contributed by atoms with Crippen LogP contribution in [0.2, 0.25) is 0 Å². The van der Waals surface area contributed by atoms with Crippen LogP contribution < -0.4 is 15.2 Å². The summed E-state index contributed by atoms with van der Waals surface area (Å²) in [5.74, 6) is 1.55. The van der Waals surface area contributed by atoms with Gasteiger partial charge >= 0.3 is 0 Å². The van der Waals surface area contributed by atoms with Crippen molar-refractivity contribution in [2.45, 2.75) is 13.5 Å². The largest absolute Gasteiger partial charge is 0.497 e. The minimum atomic E-state index is 0.442. The topological polar surface area (TPSA) is 57.4 Å². The van der Waals surface area contributed by atoms with Crippen LogP contribution in [0.25, 0.3) is 11.1 Å². The van der Waals surface area contributed by atoms with Gasteiger partial charge in [-0.2, -0.15) is 0 Å². The third kappa shape index (κ3) is 2.53. The van der Waals surface area contributed by atoms with Crippen molar-refractivity contribution in [1.29, 1.82) is 0 Å².